The smallest absolute Gasteiger partial charge is 0.0135 e. The number of hydrogen-bond acceptors (Lipinski definition) is 2. The number of benzene rings is 1. The van der Waals surface area contributed by atoms with Gasteiger partial charge in [0, 0.05) is 16.2 Å². The summed E-state index contributed by atoms with van der Waals surface area (Å²) in [6.07, 6.45) is 2.66. The van der Waals surface area contributed by atoms with Crippen molar-refractivity contribution in [3.05, 3.63) is 29.8 Å². The van der Waals surface area contributed by atoms with Gasteiger partial charge in [-0.15, -0.1) is 11.8 Å². The maximum Gasteiger partial charge on any atom is 0.0135 e. The summed E-state index contributed by atoms with van der Waals surface area (Å²) < 4.78 is 0. The van der Waals surface area contributed by atoms with Gasteiger partial charge in [-0.2, -0.15) is 0 Å². The predicted molar refractivity (Wildman–Crippen MR) is 90.6 cm³/mol. The first-order chi connectivity index (χ1) is 9.41. The van der Waals surface area contributed by atoms with Gasteiger partial charge < -0.3 is 5.32 Å². The molecule has 1 aromatic rings. The molecule has 2 rings (SSSR count). The number of hydrogen-bond donors (Lipinski definition) is 1. The van der Waals surface area contributed by atoms with Crippen LogP contribution in [-0.2, 0) is 5.41 Å². The van der Waals surface area contributed by atoms with Crippen LogP contribution < -0.4 is 5.32 Å². The Labute approximate surface area is 128 Å². The fourth-order valence-corrected chi connectivity index (χ4v) is 4.35. The summed E-state index contributed by atoms with van der Waals surface area (Å²) in [6, 6.07) is 9.91. The Bertz CT molecular complexity index is 418. The highest BCUT2D eigenvalue weighted by atomic mass is 32.2. The van der Waals surface area contributed by atoms with Crippen LogP contribution in [0.1, 0.15) is 53.0 Å². The molecule has 1 aromatic carbocycles. The van der Waals surface area contributed by atoms with Crippen molar-refractivity contribution in [3.8, 4) is 0 Å². The monoisotopic (exact) mass is 291 g/mol. The standard InChI is InChI=1S/C18H29NS/c1-6-19-16-11-12-17(13(16)2)20-15-9-7-14(8-10-15)18(3,4)5/h7-10,13,16-17,19H,6,11-12H2,1-5H3. The third-order valence-electron chi connectivity index (χ3n) is 4.46. The van der Waals surface area contributed by atoms with Crippen LogP contribution in [0.2, 0.25) is 0 Å². The van der Waals surface area contributed by atoms with Crippen LogP contribution in [0.15, 0.2) is 29.2 Å². The summed E-state index contributed by atoms with van der Waals surface area (Å²) in [5, 5.41) is 4.39. The minimum Gasteiger partial charge on any atom is -0.314 e. The van der Waals surface area contributed by atoms with E-state index in [9.17, 15) is 0 Å². The van der Waals surface area contributed by atoms with E-state index in [0.717, 1.165) is 17.7 Å². The molecule has 0 aromatic heterocycles. The summed E-state index contributed by atoms with van der Waals surface area (Å²) in [5.41, 5.74) is 1.67. The van der Waals surface area contributed by atoms with E-state index in [2.05, 4.69) is 76.0 Å². The zero-order chi connectivity index (χ0) is 14.8. The maximum absolute atomic E-state index is 3.63. The molecule has 3 atom stereocenters. The second kappa shape index (κ2) is 6.53. The minimum absolute atomic E-state index is 0.250. The lowest BCUT2D eigenvalue weighted by molar-refractivity contribution is 0.441. The van der Waals surface area contributed by atoms with Crippen LogP contribution in [0.25, 0.3) is 0 Å². The second-order valence-electron chi connectivity index (χ2n) is 7.03. The lowest BCUT2D eigenvalue weighted by Crippen LogP contribution is -2.32. The molecule has 112 valence electrons. The molecule has 0 bridgehead atoms. The van der Waals surface area contributed by atoms with Crippen LogP contribution in [-0.4, -0.2) is 17.8 Å². The molecule has 1 fully saturated rings. The van der Waals surface area contributed by atoms with Crippen molar-refractivity contribution in [1.82, 2.24) is 5.32 Å². The summed E-state index contributed by atoms with van der Waals surface area (Å²) in [6.45, 7) is 12.5. The van der Waals surface area contributed by atoms with Crippen LogP contribution in [0.5, 0.6) is 0 Å². The topological polar surface area (TPSA) is 12.0 Å². The van der Waals surface area contributed by atoms with Gasteiger partial charge in [-0.05, 0) is 48.4 Å². The van der Waals surface area contributed by atoms with Crippen LogP contribution in [0, 0.1) is 5.92 Å². The van der Waals surface area contributed by atoms with Crippen molar-refractivity contribution < 1.29 is 0 Å². The Morgan fingerprint density at radius 1 is 1.15 bits per heavy atom. The van der Waals surface area contributed by atoms with E-state index in [-0.39, 0.29) is 5.41 Å². The van der Waals surface area contributed by atoms with E-state index in [1.807, 2.05) is 0 Å². The largest absolute Gasteiger partial charge is 0.314 e. The van der Waals surface area contributed by atoms with Gasteiger partial charge in [-0.3, -0.25) is 0 Å². The van der Waals surface area contributed by atoms with E-state index >= 15 is 0 Å². The fourth-order valence-electron chi connectivity index (χ4n) is 3.05. The highest BCUT2D eigenvalue weighted by molar-refractivity contribution is 8.00. The molecule has 0 saturated heterocycles. The molecule has 3 unspecified atom stereocenters. The number of nitrogens with one attached hydrogen (secondary N) is 1. The molecule has 20 heavy (non-hydrogen) atoms. The predicted octanol–water partition coefficient (Wildman–Crippen LogP) is 4.85. The number of rotatable bonds is 4. The molecule has 1 N–H and O–H groups in total. The van der Waals surface area contributed by atoms with E-state index in [1.165, 1.54) is 23.3 Å². The van der Waals surface area contributed by atoms with Crippen molar-refractivity contribution in [2.24, 2.45) is 5.92 Å². The Hall–Kier alpha value is -0.470. The first kappa shape index (κ1) is 15.9. The van der Waals surface area contributed by atoms with E-state index in [4.69, 9.17) is 0 Å². The summed E-state index contributed by atoms with van der Waals surface area (Å²) >= 11 is 2.07. The van der Waals surface area contributed by atoms with Crippen LogP contribution in [0.4, 0.5) is 0 Å². The third kappa shape index (κ3) is 3.79. The van der Waals surface area contributed by atoms with Gasteiger partial charge in [0.15, 0.2) is 0 Å². The third-order valence-corrected chi connectivity index (χ3v) is 5.97. The lowest BCUT2D eigenvalue weighted by atomic mass is 9.87. The average molecular weight is 292 g/mol. The Kier molecular flexibility index (Phi) is 5.19. The quantitative estimate of drug-likeness (QED) is 0.851. The van der Waals surface area contributed by atoms with Gasteiger partial charge in [0.2, 0.25) is 0 Å². The summed E-state index contributed by atoms with van der Waals surface area (Å²) in [7, 11) is 0. The zero-order valence-corrected chi connectivity index (χ0v) is 14.4. The minimum atomic E-state index is 0.250. The summed E-state index contributed by atoms with van der Waals surface area (Å²) in [4.78, 5) is 1.42. The maximum atomic E-state index is 3.63. The van der Waals surface area contributed by atoms with E-state index < -0.39 is 0 Å². The van der Waals surface area contributed by atoms with Crippen molar-refractivity contribution >= 4 is 11.8 Å². The van der Waals surface area contributed by atoms with Gasteiger partial charge in [0.05, 0.1) is 0 Å². The van der Waals surface area contributed by atoms with Crippen molar-refractivity contribution in [2.45, 2.75) is 69.1 Å². The average Bonchev–Trinajstić information content (AvgIpc) is 2.72. The van der Waals surface area contributed by atoms with Crippen molar-refractivity contribution in [2.75, 3.05) is 6.54 Å². The normalized spacial score (nSPS) is 26.9. The molecule has 1 aliphatic carbocycles. The molecule has 0 spiro atoms. The molecule has 2 heteroatoms. The Balaban J connectivity index is 1.97. The van der Waals surface area contributed by atoms with Crippen LogP contribution in [0.3, 0.4) is 0 Å². The Morgan fingerprint density at radius 2 is 1.80 bits per heavy atom. The van der Waals surface area contributed by atoms with Crippen molar-refractivity contribution in [1.29, 1.82) is 0 Å². The molecular formula is C18H29NS. The first-order valence-corrected chi connectivity index (χ1v) is 8.80. The molecule has 0 heterocycles. The van der Waals surface area contributed by atoms with Gasteiger partial charge in [0.25, 0.3) is 0 Å². The lowest BCUT2D eigenvalue weighted by Gasteiger charge is -2.22. The number of thioether (sulfide) groups is 1. The molecule has 1 aliphatic rings. The van der Waals surface area contributed by atoms with Crippen molar-refractivity contribution in [3.63, 3.8) is 0 Å². The highest BCUT2D eigenvalue weighted by Crippen LogP contribution is 2.39. The molecule has 0 radical (unpaired) electrons. The van der Waals surface area contributed by atoms with E-state index in [1.54, 1.807) is 0 Å². The van der Waals surface area contributed by atoms with Gasteiger partial charge >= 0.3 is 0 Å². The Morgan fingerprint density at radius 3 is 2.35 bits per heavy atom. The van der Waals surface area contributed by atoms with Gasteiger partial charge in [-0.25, -0.2) is 0 Å². The van der Waals surface area contributed by atoms with Gasteiger partial charge in [0.1, 0.15) is 0 Å². The van der Waals surface area contributed by atoms with Crippen LogP contribution >= 0.6 is 11.8 Å². The molecule has 0 aliphatic heterocycles. The molecule has 0 amide bonds. The summed E-state index contributed by atoms with van der Waals surface area (Å²) in [5.74, 6) is 0.766. The second-order valence-corrected chi connectivity index (χ2v) is 8.34. The SMILES string of the molecule is CCNC1CCC(Sc2ccc(C(C)(C)C)cc2)C1C. The highest BCUT2D eigenvalue weighted by Gasteiger charge is 2.32. The fraction of sp³-hybridized carbons (Fsp3) is 0.667. The zero-order valence-electron chi connectivity index (χ0n) is 13.6. The molecule has 1 nitrogen and oxygen atoms in total. The van der Waals surface area contributed by atoms with Gasteiger partial charge in [-0.1, -0.05) is 46.8 Å². The molecular weight excluding hydrogens is 262 g/mol. The molecule has 1 saturated carbocycles. The van der Waals surface area contributed by atoms with E-state index in [0.29, 0.717) is 6.04 Å². The first-order valence-electron chi connectivity index (χ1n) is 7.92.